The molecule has 1 N–H and O–H groups in total. The van der Waals surface area contributed by atoms with Gasteiger partial charge in [0, 0.05) is 5.41 Å². The van der Waals surface area contributed by atoms with Crippen molar-refractivity contribution in [2.24, 2.45) is 0 Å². The van der Waals surface area contributed by atoms with Crippen molar-refractivity contribution in [3.05, 3.63) is 35.4 Å². The van der Waals surface area contributed by atoms with Crippen molar-refractivity contribution >= 4 is 12.8 Å². The lowest BCUT2D eigenvalue weighted by Gasteiger charge is -2.19. The van der Waals surface area contributed by atoms with E-state index in [1.807, 2.05) is 0 Å². The molecule has 1 aromatic rings. The highest BCUT2D eigenvalue weighted by molar-refractivity contribution is 7.56. The highest BCUT2D eigenvalue weighted by Gasteiger charge is 2.42. The number of rotatable bonds is 3. The van der Waals surface area contributed by atoms with Crippen LogP contribution >= 0.6 is 0 Å². The second kappa shape index (κ2) is 3.35. The minimum atomic E-state index is 0.370. The van der Waals surface area contributed by atoms with Gasteiger partial charge < -0.3 is 17.5 Å². The summed E-state index contributed by atoms with van der Waals surface area (Å²) in [5.74, 6) is 0. The summed E-state index contributed by atoms with van der Waals surface area (Å²) in [5, 5.41) is 0. The van der Waals surface area contributed by atoms with E-state index in [9.17, 15) is 0 Å². The van der Waals surface area contributed by atoms with Crippen LogP contribution in [0, 0.1) is 6.92 Å². The van der Waals surface area contributed by atoms with Gasteiger partial charge in [-0.15, -0.1) is 0 Å². The molecule has 2 heteroatoms. The molecule has 70 valence electrons. The Morgan fingerprint density at radius 3 is 2.38 bits per heavy atom. The van der Waals surface area contributed by atoms with Gasteiger partial charge in [0.25, 0.3) is 0 Å². The zero-order chi connectivity index (χ0) is 9.31. The van der Waals surface area contributed by atoms with Crippen molar-refractivity contribution in [1.29, 1.82) is 0 Å². The Morgan fingerprint density at radius 2 is 1.92 bits per heavy atom. The molecule has 0 radical (unpaired) electrons. The van der Waals surface area contributed by atoms with E-state index in [1.54, 1.807) is 0 Å². The van der Waals surface area contributed by atoms with Gasteiger partial charge in [0.05, 0.1) is 0 Å². The first-order valence-electron chi connectivity index (χ1n) is 4.69. The molecule has 0 aromatic heterocycles. The van der Waals surface area contributed by atoms with Crippen LogP contribution in [-0.2, 0) is 18.2 Å². The van der Waals surface area contributed by atoms with Gasteiger partial charge >= 0.3 is 0 Å². The molecular weight excluding hydrogens is 178 g/mol. The summed E-state index contributed by atoms with van der Waals surface area (Å²) in [6.45, 7) is 3.06. The van der Waals surface area contributed by atoms with Crippen molar-refractivity contribution in [1.82, 2.24) is 4.72 Å². The largest absolute Gasteiger partial charge is 0.705 e. The van der Waals surface area contributed by atoms with Crippen LogP contribution in [0.2, 0.25) is 0 Å². The van der Waals surface area contributed by atoms with Gasteiger partial charge in [0.15, 0.2) is 0 Å². The SMILES string of the molecule is Cc1ccc(C2(CN[S-])CC2)cc1. The molecule has 13 heavy (non-hydrogen) atoms. The second-order valence-electron chi connectivity index (χ2n) is 3.97. The Balaban J connectivity index is 2.20. The van der Waals surface area contributed by atoms with Crippen molar-refractivity contribution in [2.75, 3.05) is 6.54 Å². The Kier molecular flexibility index (Phi) is 2.35. The average molecular weight is 192 g/mol. The monoisotopic (exact) mass is 192 g/mol. The lowest BCUT2D eigenvalue weighted by Crippen LogP contribution is -2.22. The Bertz CT molecular complexity index is 287. The third-order valence-electron chi connectivity index (χ3n) is 2.93. The van der Waals surface area contributed by atoms with Gasteiger partial charge in [-0.1, -0.05) is 29.8 Å². The van der Waals surface area contributed by atoms with E-state index in [2.05, 4.69) is 35.9 Å². The minimum Gasteiger partial charge on any atom is -0.705 e. The molecule has 0 saturated heterocycles. The molecule has 0 spiro atoms. The standard InChI is InChI=1S/C11H14NS/c1-9-2-4-10(5-3-9)11(6-7-11)8-12-13/h2-5,12H,6-8H2,1H3/q-1. The molecule has 2 rings (SSSR count). The Morgan fingerprint density at radius 1 is 1.31 bits per heavy atom. The van der Waals surface area contributed by atoms with Crippen LogP contribution in [0.4, 0.5) is 0 Å². The highest BCUT2D eigenvalue weighted by Crippen LogP contribution is 2.47. The molecule has 0 amide bonds. The normalized spacial score (nSPS) is 18.6. The fourth-order valence-corrected chi connectivity index (χ4v) is 2.04. The van der Waals surface area contributed by atoms with Crippen LogP contribution in [0.5, 0.6) is 0 Å². The molecule has 0 atom stereocenters. The fraction of sp³-hybridized carbons (Fsp3) is 0.455. The molecule has 1 fully saturated rings. The number of hydrogen-bond donors (Lipinski definition) is 1. The first-order valence-corrected chi connectivity index (χ1v) is 5.10. The molecule has 0 bridgehead atoms. The quantitative estimate of drug-likeness (QED) is 0.736. The summed E-state index contributed by atoms with van der Waals surface area (Å²) < 4.78 is 2.87. The van der Waals surface area contributed by atoms with Gasteiger partial charge in [-0.2, -0.15) is 0 Å². The van der Waals surface area contributed by atoms with Crippen LogP contribution in [0.15, 0.2) is 24.3 Å². The molecule has 0 aliphatic heterocycles. The van der Waals surface area contributed by atoms with Gasteiger partial charge in [0.2, 0.25) is 0 Å². The predicted octanol–water partition coefficient (Wildman–Crippen LogP) is 2.08. The first kappa shape index (κ1) is 9.10. The van der Waals surface area contributed by atoms with E-state index in [4.69, 9.17) is 12.8 Å². The maximum Gasteiger partial charge on any atom is 0.00615 e. The first-order chi connectivity index (χ1) is 6.27. The van der Waals surface area contributed by atoms with Gasteiger partial charge in [-0.25, -0.2) is 0 Å². The smallest absolute Gasteiger partial charge is 0.00615 e. The lowest BCUT2D eigenvalue weighted by atomic mass is 9.95. The molecule has 1 saturated carbocycles. The minimum absolute atomic E-state index is 0.370. The van der Waals surface area contributed by atoms with E-state index in [1.165, 1.54) is 24.0 Å². The summed E-state index contributed by atoms with van der Waals surface area (Å²) >= 11 is 4.82. The van der Waals surface area contributed by atoms with Crippen LogP contribution in [0.1, 0.15) is 24.0 Å². The molecule has 1 nitrogen and oxygen atoms in total. The topological polar surface area (TPSA) is 12.0 Å². The van der Waals surface area contributed by atoms with Crippen LogP contribution < -0.4 is 4.72 Å². The van der Waals surface area contributed by atoms with Crippen LogP contribution in [0.25, 0.3) is 0 Å². The summed E-state index contributed by atoms with van der Waals surface area (Å²) in [6, 6.07) is 8.82. The molecule has 1 aliphatic carbocycles. The second-order valence-corrected chi connectivity index (χ2v) is 4.26. The van der Waals surface area contributed by atoms with Crippen molar-refractivity contribution in [3.8, 4) is 0 Å². The zero-order valence-corrected chi connectivity index (χ0v) is 8.66. The summed E-state index contributed by atoms with van der Waals surface area (Å²) in [4.78, 5) is 0. The van der Waals surface area contributed by atoms with E-state index in [0.717, 1.165) is 6.54 Å². The average Bonchev–Trinajstić information content (AvgIpc) is 2.87. The predicted molar refractivity (Wildman–Crippen MR) is 57.5 cm³/mol. The maximum atomic E-state index is 4.82. The Hall–Kier alpha value is -0.470. The van der Waals surface area contributed by atoms with Gasteiger partial charge in [-0.3, -0.25) is 0 Å². The summed E-state index contributed by atoms with van der Waals surface area (Å²) in [7, 11) is 0. The van der Waals surface area contributed by atoms with E-state index >= 15 is 0 Å². The third kappa shape index (κ3) is 1.74. The fourth-order valence-electron chi connectivity index (χ4n) is 1.76. The number of nitrogens with one attached hydrogen (secondary N) is 1. The highest BCUT2D eigenvalue weighted by atomic mass is 32.1. The molecule has 0 unspecified atom stereocenters. The molecule has 0 heterocycles. The van der Waals surface area contributed by atoms with Crippen LogP contribution in [-0.4, -0.2) is 6.54 Å². The van der Waals surface area contributed by atoms with Crippen molar-refractivity contribution < 1.29 is 0 Å². The number of aryl methyl sites for hydroxylation is 1. The van der Waals surface area contributed by atoms with E-state index < -0.39 is 0 Å². The molecule has 1 aromatic carbocycles. The number of benzene rings is 1. The maximum absolute atomic E-state index is 4.82. The molecule has 1 aliphatic rings. The molecular formula is C11H14NS-. The third-order valence-corrected chi connectivity index (χ3v) is 3.07. The zero-order valence-electron chi connectivity index (χ0n) is 7.84. The van der Waals surface area contributed by atoms with Crippen molar-refractivity contribution in [2.45, 2.75) is 25.2 Å². The van der Waals surface area contributed by atoms with Gasteiger partial charge in [0.1, 0.15) is 0 Å². The van der Waals surface area contributed by atoms with Gasteiger partial charge in [-0.05, 0) is 31.9 Å². The van der Waals surface area contributed by atoms with Crippen LogP contribution in [0.3, 0.4) is 0 Å². The van der Waals surface area contributed by atoms with E-state index in [-0.39, 0.29) is 0 Å². The van der Waals surface area contributed by atoms with E-state index in [0.29, 0.717) is 5.41 Å². The van der Waals surface area contributed by atoms with Crippen molar-refractivity contribution in [3.63, 3.8) is 0 Å². The number of hydrogen-bond acceptors (Lipinski definition) is 2. The Labute approximate surface area is 85.1 Å². The lowest BCUT2D eigenvalue weighted by molar-refractivity contribution is 0.678. The summed E-state index contributed by atoms with van der Waals surface area (Å²) in [5.41, 5.74) is 3.14. The summed E-state index contributed by atoms with van der Waals surface area (Å²) in [6.07, 6.45) is 2.55.